The number of hydrogen-bond acceptors (Lipinski definition) is 4. The van der Waals surface area contributed by atoms with Gasteiger partial charge in [0.2, 0.25) is 0 Å². The lowest BCUT2D eigenvalue weighted by Crippen LogP contribution is -2.27. The molecule has 0 radical (unpaired) electrons. The Morgan fingerprint density at radius 3 is 2.85 bits per heavy atom. The summed E-state index contributed by atoms with van der Waals surface area (Å²) < 4.78 is 2.13. The lowest BCUT2D eigenvalue weighted by atomic mass is 10.2. The fraction of sp³-hybridized carbons (Fsp3) is 0.167. The lowest BCUT2D eigenvalue weighted by molar-refractivity contribution is -0.385. The summed E-state index contributed by atoms with van der Waals surface area (Å²) in [5.41, 5.74) is 0.473. The molecule has 0 aliphatic carbocycles. The highest BCUT2D eigenvalue weighted by molar-refractivity contribution is 9.10. The number of amides is 1. The van der Waals surface area contributed by atoms with Crippen LogP contribution < -0.4 is 5.32 Å². The molecule has 0 unspecified atom stereocenters. The molecule has 0 bridgehead atoms. The first-order chi connectivity index (χ1) is 9.58. The van der Waals surface area contributed by atoms with Crippen LogP contribution in [0.15, 0.2) is 41.1 Å². The van der Waals surface area contributed by atoms with Crippen molar-refractivity contribution >= 4 is 27.5 Å². The minimum Gasteiger partial charge on any atom is -0.350 e. The van der Waals surface area contributed by atoms with Crippen LogP contribution in [0, 0.1) is 10.1 Å². The molecule has 2 rings (SSSR count). The van der Waals surface area contributed by atoms with Gasteiger partial charge in [0, 0.05) is 11.0 Å². The Balaban J connectivity index is 1.88. The molecule has 104 valence electrons. The van der Waals surface area contributed by atoms with Gasteiger partial charge < -0.3 is 5.32 Å². The number of nitrogens with one attached hydrogen (secondary N) is 1. The standard InChI is InChI=1S/C12H11BrN4O3/c13-11-4-2-1-3-10(11)12(18)14-5-6-16-8-9(7-15-16)17(19)20/h1-4,7-8H,5-6H2,(H,14,18). The Hall–Kier alpha value is -2.22. The van der Waals surface area contributed by atoms with Crippen molar-refractivity contribution in [2.75, 3.05) is 6.54 Å². The number of halogens is 1. The molecule has 1 aromatic heterocycles. The average Bonchev–Trinajstić information content (AvgIpc) is 2.88. The van der Waals surface area contributed by atoms with Gasteiger partial charge in [0.15, 0.2) is 0 Å². The Morgan fingerprint density at radius 1 is 1.45 bits per heavy atom. The topological polar surface area (TPSA) is 90.1 Å². The number of nitro groups is 1. The van der Waals surface area contributed by atoms with Crippen LogP contribution in [0.3, 0.4) is 0 Å². The van der Waals surface area contributed by atoms with Crippen molar-refractivity contribution in [2.24, 2.45) is 0 Å². The fourth-order valence-corrected chi connectivity index (χ4v) is 2.06. The summed E-state index contributed by atoms with van der Waals surface area (Å²) in [6.45, 7) is 0.697. The molecule has 0 saturated carbocycles. The fourth-order valence-electron chi connectivity index (χ4n) is 1.59. The second-order valence-electron chi connectivity index (χ2n) is 3.95. The van der Waals surface area contributed by atoms with Crippen molar-refractivity contribution in [3.63, 3.8) is 0 Å². The van der Waals surface area contributed by atoms with Crippen LogP contribution in [0.25, 0.3) is 0 Å². The number of aromatic nitrogens is 2. The van der Waals surface area contributed by atoms with Crippen molar-refractivity contribution in [1.29, 1.82) is 0 Å². The third kappa shape index (κ3) is 3.41. The predicted molar refractivity (Wildman–Crippen MR) is 75.4 cm³/mol. The second-order valence-corrected chi connectivity index (χ2v) is 4.81. The maximum Gasteiger partial charge on any atom is 0.306 e. The average molecular weight is 339 g/mol. The molecule has 1 aromatic carbocycles. The highest BCUT2D eigenvalue weighted by Crippen LogP contribution is 2.15. The maximum absolute atomic E-state index is 11.9. The van der Waals surface area contributed by atoms with Crippen molar-refractivity contribution in [3.05, 3.63) is 56.8 Å². The molecule has 1 N–H and O–H groups in total. The molecule has 0 aliphatic heterocycles. The first-order valence-corrected chi connectivity index (χ1v) is 6.57. The molecule has 0 aliphatic rings. The van der Waals surface area contributed by atoms with Gasteiger partial charge in [-0.3, -0.25) is 19.6 Å². The number of nitrogens with zero attached hydrogens (tertiary/aromatic N) is 3. The van der Waals surface area contributed by atoms with Gasteiger partial charge in [0.1, 0.15) is 12.4 Å². The van der Waals surface area contributed by atoms with E-state index in [-0.39, 0.29) is 11.6 Å². The van der Waals surface area contributed by atoms with Crippen LogP contribution in [0.2, 0.25) is 0 Å². The van der Waals surface area contributed by atoms with E-state index in [4.69, 9.17) is 0 Å². The van der Waals surface area contributed by atoms with Gasteiger partial charge in [0.25, 0.3) is 5.91 Å². The van der Waals surface area contributed by atoms with Gasteiger partial charge in [0.05, 0.1) is 17.0 Å². The van der Waals surface area contributed by atoms with Crippen molar-refractivity contribution in [2.45, 2.75) is 6.54 Å². The number of carbonyl (C=O) groups excluding carboxylic acids is 1. The van der Waals surface area contributed by atoms with E-state index in [0.717, 1.165) is 0 Å². The first kappa shape index (κ1) is 14.2. The van der Waals surface area contributed by atoms with Crippen LogP contribution in [0.5, 0.6) is 0 Å². The van der Waals surface area contributed by atoms with Gasteiger partial charge >= 0.3 is 5.69 Å². The van der Waals surface area contributed by atoms with Gasteiger partial charge in [-0.2, -0.15) is 5.10 Å². The molecule has 0 atom stereocenters. The van der Waals surface area contributed by atoms with E-state index in [9.17, 15) is 14.9 Å². The molecule has 20 heavy (non-hydrogen) atoms. The number of hydrogen-bond donors (Lipinski definition) is 1. The van der Waals surface area contributed by atoms with E-state index in [1.165, 1.54) is 17.1 Å². The molecule has 1 heterocycles. The largest absolute Gasteiger partial charge is 0.350 e. The molecule has 0 spiro atoms. The Bertz CT molecular complexity index is 641. The number of carbonyl (C=O) groups is 1. The summed E-state index contributed by atoms with van der Waals surface area (Å²) in [7, 11) is 0. The second kappa shape index (κ2) is 6.29. The third-order valence-electron chi connectivity index (χ3n) is 2.58. The van der Waals surface area contributed by atoms with Crippen molar-refractivity contribution in [1.82, 2.24) is 15.1 Å². The van der Waals surface area contributed by atoms with Crippen LogP contribution in [0.4, 0.5) is 5.69 Å². The summed E-state index contributed by atoms with van der Waals surface area (Å²) in [5, 5.41) is 17.1. The highest BCUT2D eigenvalue weighted by Gasteiger charge is 2.10. The molecule has 8 heteroatoms. The smallest absolute Gasteiger partial charge is 0.306 e. The van der Waals surface area contributed by atoms with Crippen LogP contribution in [-0.2, 0) is 6.54 Å². The lowest BCUT2D eigenvalue weighted by Gasteiger charge is -2.06. The molecule has 0 fully saturated rings. The van der Waals surface area contributed by atoms with Gasteiger partial charge in [-0.1, -0.05) is 12.1 Å². The summed E-state index contributed by atoms with van der Waals surface area (Å²) in [5.74, 6) is -0.209. The van der Waals surface area contributed by atoms with E-state index in [1.807, 2.05) is 6.07 Å². The minimum atomic E-state index is -0.511. The zero-order valence-corrected chi connectivity index (χ0v) is 11.9. The molecular weight excluding hydrogens is 328 g/mol. The van der Waals surface area contributed by atoms with Gasteiger partial charge in [-0.25, -0.2) is 0 Å². The van der Waals surface area contributed by atoms with Crippen LogP contribution in [-0.4, -0.2) is 27.2 Å². The van der Waals surface area contributed by atoms with Crippen LogP contribution in [0.1, 0.15) is 10.4 Å². The van der Waals surface area contributed by atoms with Crippen LogP contribution >= 0.6 is 15.9 Å². The molecule has 2 aromatic rings. The van der Waals surface area contributed by atoms with E-state index in [1.54, 1.807) is 18.2 Å². The number of rotatable bonds is 5. The van der Waals surface area contributed by atoms with Crippen molar-refractivity contribution < 1.29 is 9.72 Å². The summed E-state index contributed by atoms with van der Waals surface area (Å²) >= 11 is 3.30. The first-order valence-electron chi connectivity index (χ1n) is 5.77. The molecule has 7 nitrogen and oxygen atoms in total. The number of benzene rings is 1. The van der Waals surface area contributed by atoms with E-state index in [2.05, 4.69) is 26.3 Å². The summed E-state index contributed by atoms with van der Waals surface area (Å²) in [6.07, 6.45) is 2.50. The van der Waals surface area contributed by atoms with E-state index < -0.39 is 4.92 Å². The van der Waals surface area contributed by atoms with Gasteiger partial charge in [-0.05, 0) is 28.1 Å². The van der Waals surface area contributed by atoms with E-state index in [0.29, 0.717) is 23.1 Å². The molecular formula is C12H11BrN4O3. The Kier molecular flexibility index (Phi) is 4.46. The quantitative estimate of drug-likeness (QED) is 0.666. The Labute approximate surface area is 122 Å². The molecule has 0 saturated heterocycles. The minimum absolute atomic E-state index is 0.0675. The predicted octanol–water partition coefficient (Wildman–Crippen LogP) is 1.98. The zero-order valence-electron chi connectivity index (χ0n) is 10.3. The monoisotopic (exact) mass is 338 g/mol. The maximum atomic E-state index is 11.9. The van der Waals surface area contributed by atoms with E-state index >= 15 is 0 Å². The van der Waals surface area contributed by atoms with Crippen molar-refractivity contribution in [3.8, 4) is 0 Å². The highest BCUT2D eigenvalue weighted by atomic mass is 79.9. The zero-order chi connectivity index (χ0) is 14.5. The molecule has 1 amide bonds. The SMILES string of the molecule is O=C(NCCn1cc([N+](=O)[O-])cn1)c1ccccc1Br. The van der Waals surface area contributed by atoms with Gasteiger partial charge in [-0.15, -0.1) is 0 Å². The summed E-state index contributed by atoms with van der Waals surface area (Å²) in [6, 6.07) is 7.09. The Morgan fingerprint density at radius 2 is 2.20 bits per heavy atom. The third-order valence-corrected chi connectivity index (χ3v) is 3.27. The normalized spacial score (nSPS) is 10.2. The summed E-state index contributed by atoms with van der Waals surface area (Å²) in [4.78, 5) is 21.9.